The number of hydrogen-bond acceptors (Lipinski definition) is 8. The summed E-state index contributed by atoms with van der Waals surface area (Å²) in [6.07, 6.45) is 6.21. The smallest absolute Gasteiger partial charge is 0.341 e. The Bertz CT molecular complexity index is 1330. The molecule has 2 aliphatic rings. The lowest BCUT2D eigenvalue weighted by Crippen LogP contribution is -2.55. The number of aromatic carboxylic acids is 1. The van der Waals surface area contributed by atoms with E-state index in [1.807, 2.05) is 11.9 Å². The van der Waals surface area contributed by atoms with E-state index in [1.165, 1.54) is 17.5 Å². The molecule has 184 valence electrons. The van der Waals surface area contributed by atoms with Gasteiger partial charge in [0.15, 0.2) is 10.8 Å². The highest BCUT2D eigenvalue weighted by Crippen LogP contribution is 2.29. The van der Waals surface area contributed by atoms with Crippen LogP contribution < -0.4 is 10.3 Å². The number of carboxylic acids is 1. The van der Waals surface area contributed by atoms with E-state index >= 15 is 0 Å². The third-order valence-electron chi connectivity index (χ3n) is 6.68. The molecular formula is C24H27N5O5S. The number of thiazole rings is 1. The Balaban J connectivity index is 1.40. The number of hydrogen-bond donors (Lipinski definition) is 1. The van der Waals surface area contributed by atoms with Gasteiger partial charge in [-0.25, -0.2) is 14.8 Å². The third kappa shape index (κ3) is 4.41. The number of aryl methyl sites for hydroxylation is 1. The summed E-state index contributed by atoms with van der Waals surface area (Å²) in [4.78, 5) is 50.3. The number of carbonyl (C=O) groups excluding carboxylic acids is 1. The first-order valence-corrected chi connectivity index (χ1v) is 12.5. The first-order chi connectivity index (χ1) is 16.8. The Morgan fingerprint density at radius 1 is 1.31 bits per heavy atom. The van der Waals surface area contributed by atoms with E-state index in [4.69, 9.17) is 9.72 Å². The number of ether oxygens (including phenoxy) is 1. The highest BCUT2D eigenvalue weighted by Gasteiger charge is 2.36. The highest BCUT2D eigenvalue weighted by molar-refractivity contribution is 7.12. The second-order valence-electron chi connectivity index (χ2n) is 9.17. The van der Waals surface area contributed by atoms with Gasteiger partial charge in [-0.1, -0.05) is 0 Å². The van der Waals surface area contributed by atoms with Crippen molar-refractivity contribution in [3.05, 3.63) is 45.2 Å². The van der Waals surface area contributed by atoms with Crippen molar-refractivity contribution in [2.75, 3.05) is 38.2 Å². The minimum absolute atomic E-state index is 0.0960. The van der Waals surface area contributed by atoms with Gasteiger partial charge in [0.25, 0.3) is 0 Å². The molecule has 0 radical (unpaired) electrons. The topological polar surface area (TPSA) is 118 Å². The minimum atomic E-state index is -1.29. The van der Waals surface area contributed by atoms with E-state index in [2.05, 4.69) is 4.98 Å². The van der Waals surface area contributed by atoms with E-state index in [0.29, 0.717) is 41.8 Å². The van der Waals surface area contributed by atoms with Crippen molar-refractivity contribution in [2.24, 2.45) is 5.92 Å². The molecule has 0 bridgehead atoms. The molecule has 3 aromatic rings. The molecule has 2 fully saturated rings. The zero-order valence-electron chi connectivity index (χ0n) is 19.6. The maximum Gasteiger partial charge on any atom is 0.341 e. The zero-order valence-corrected chi connectivity index (χ0v) is 20.5. The fraction of sp³-hybridized carbons (Fsp3) is 0.458. The van der Waals surface area contributed by atoms with E-state index in [1.54, 1.807) is 34.0 Å². The van der Waals surface area contributed by atoms with Gasteiger partial charge in [-0.3, -0.25) is 14.2 Å². The minimum Gasteiger partial charge on any atom is -0.477 e. The maximum absolute atomic E-state index is 12.9. The summed E-state index contributed by atoms with van der Waals surface area (Å²) in [5.41, 5.74) is 0.0843. The molecule has 1 unspecified atom stereocenters. The molecule has 2 aliphatic heterocycles. The molecule has 3 aromatic heterocycles. The summed E-state index contributed by atoms with van der Waals surface area (Å²) >= 11 is 1.32. The van der Waals surface area contributed by atoms with Crippen LogP contribution >= 0.6 is 11.3 Å². The first kappa shape index (κ1) is 23.4. The van der Waals surface area contributed by atoms with Gasteiger partial charge < -0.3 is 19.6 Å². The van der Waals surface area contributed by atoms with Crippen molar-refractivity contribution in [1.29, 1.82) is 0 Å². The van der Waals surface area contributed by atoms with Crippen LogP contribution in [0.1, 0.15) is 35.2 Å². The molecule has 0 aromatic carbocycles. The van der Waals surface area contributed by atoms with Gasteiger partial charge in [-0.15, -0.1) is 11.3 Å². The normalized spacial score (nSPS) is 18.5. The van der Waals surface area contributed by atoms with E-state index < -0.39 is 11.4 Å². The molecule has 0 spiro atoms. The molecule has 1 atom stereocenters. The predicted molar refractivity (Wildman–Crippen MR) is 132 cm³/mol. The Kier molecular flexibility index (Phi) is 6.28. The first-order valence-electron chi connectivity index (χ1n) is 11.6. The summed E-state index contributed by atoms with van der Waals surface area (Å²) in [5, 5.41) is 12.1. The fourth-order valence-corrected chi connectivity index (χ4v) is 5.37. The van der Waals surface area contributed by atoms with Crippen LogP contribution in [0.2, 0.25) is 0 Å². The SMILES string of the molecule is Cc1cc(N2CC(C(=O)N(C)CC3CCCCO3)C2)nc2c1c(=O)c(C(=O)O)cn2-c1nccs1. The standard InChI is InChI=1S/C24H27N5O5S/c1-14-9-18(28-10-15(11-28)22(31)27(2)12-16-5-3-4-7-34-16)26-21-19(14)20(30)17(23(32)33)13-29(21)24-25-6-8-35-24/h6,8-9,13,15-16H,3-5,7,10-12H2,1-2H3,(H,32,33). The van der Waals surface area contributed by atoms with Gasteiger partial charge in [0.05, 0.1) is 17.4 Å². The molecule has 5 heterocycles. The highest BCUT2D eigenvalue weighted by atomic mass is 32.1. The average molecular weight is 498 g/mol. The number of pyridine rings is 2. The number of carboxylic acid groups (broad SMARTS) is 1. The van der Waals surface area contributed by atoms with Crippen LogP contribution in [0.3, 0.4) is 0 Å². The van der Waals surface area contributed by atoms with Gasteiger partial charge in [-0.2, -0.15) is 0 Å². The second-order valence-corrected chi connectivity index (χ2v) is 10.0. The molecule has 2 saturated heterocycles. The van der Waals surface area contributed by atoms with E-state index in [9.17, 15) is 19.5 Å². The van der Waals surface area contributed by atoms with E-state index in [-0.39, 0.29) is 28.9 Å². The van der Waals surface area contributed by atoms with Crippen LogP contribution in [0.25, 0.3) is 16.2 Å². The number of aromatic nitrogens is 3. The van der Waals surface area contributed by atoms with Crippen LogP contribution in [0.5, 0.6) is 0 Å². The molecule has 0 saturated carbocycles. The van der Waals surface area contributed by atoms with Gasteiger partial charge in [0, 0.05) is 51.1 Å². The van der Waals surface area contributed by atoms with Crippen molar-refractivity contribution >= 4 is 40.1 Å². The number of fused-ring (bicyclic) bond motifs is 1. The third-order valence-corrected chi connectivity index (χ3v) is 7.45. The van der Waals surface area contributed by atoms with Gasteiger partial charge in [-0.05, 0) is 37.8 Å². The average Bonchev–Trinajstić information content (AvgIpc) is 3.33. The monoisotopic (exact) mass is 497 g/mol. The molecule has 1 N–H and O–H groups in total. The number of rotatable bonds is 6. The molecule has 11 heteroatoms. The van der Waals surface area contributed by atoms with Crippen molar-refractivity contribution < 1.29 is 19.4 Å². The van der Waals surface area contributed by atoms with Crippen molar-refractivity contribution in [3.8, 4) is 5.13 Å². The van der Waals surface area contributed by atoms with Crippen molar-refractivity contribution in [3.63, 3.8) is 0 Å². The quantitative estimate of drug-likeness (QED) is 0.551. The zero-order chi connectivity index (χ0) is 24.7. The number of anilines is 1. The Morgan fingerprint density at radius 2 is 2.11 bits per heavy atom. The molecule has 35 heavy (non-hydrogen) atoms. The second kappa shape index (κ2) is 9.38. The largest absolute Gasteiger partial charge is 0.477 e. The summed E-state index contributed by atoms with van der Waals surface area (Å²) in [5.74, 6) is -0.682. The lowest BCUT2D eigenvalue weighted by atomic mass is 9.97. The lowest BCUT2D eigenvalue weighted by molar-refractivity contribution is -0.137. The number of amides is 1. The van der Waals surface area contributed by atoms with Gasteiger partial charge >= 0.3 is 5.97 Å². The summed E-state index contributed by atoms with van der Waals surface area (Å²) in [7, 11) is 1.83. The molecule has 10 nitrogen and oxygen atoms in total. The van der Waals surface area contributed by atoms with Gasteiger partial charge in [0.2, 0.25) is 11.3 Å². The summed E-state index contributed by atoms with van der Waals surface area (Å²) in [6, 6.07) is 1.78. The Hall–Kier alpha value is -3.31. The molecular weight excluding hydrogens is 470 g/mol. The van der Waals surface area contributed by atoms with Crippen molar-refractivity contribution in [2.45, 2.75) is 32.3 Å². The predicted octanol–water partition coefficient (Wildman–Crippen LogP) is 2.31. The van der Waals surface area contributed by atoms with Crippen LogP contribution in [0, 0.1) is 12.8 Å². The fourth-order valence-electron chi connectivity index (χ4n) is 4.75. The maximum atomic E-state index is 12.9. The van der Waals surface area contributed by atoms with Gasteiger partial charge in [0.1, 0.15) is 11.4 Å². The molecule has 1 amide bonds. The van der Waals surface area contributed by atoms with Crippen LogP contribution in [0.15, 0.2) is 28.6 Å². The molecule has 0 aliphatic carbocycles. The Labute approximate surface area is 205 Å². The Morgan fingerprint density at radius 3 is 2.77 bits per heavy atom. The number of likely N-dealkylation sites (N-methyl/N-ethyl adjacent to an activating group) is 1. The number of carbonyl (C=O) groups is 2. The van der Waals surface area contributed by atoms with Crippen molar-refractivity contribution in [1.82, 2.24) is 19.4 Å². The van der Waals surface area contributed by atoms with Crippen LogP contribution in [-0.2, 0) is 9.53 Å². The lowest BCUT2D eigenvalue weighted by Gasteiger charge is -2.41. The van der Waals surface area contributed by atoms with E-state index in [0.717, 1.165) is 25.9 Å². The summed E-state index contributed by atoms with van der Waals surface area (Å²) in [6.45, 7) is 4.20. The molecule has 5 rings (SSSR count). The van der Waals surface area contributed by atoms with Crippen LogP contribution in [0.4, 0.5) is 5.82 Å². The van der Waals surface area contributed by atoms with Crippen LogP contribution in [-0.4, -0.2) is 75.8 Å². The number of nitrogens with zero attached hydrogens (tertiary/aromatic N) is 5. The summed E-state index contributed by atoms with van der Waals surface area (Å²) < 4.78 is 7.32.